The summed E-state index contributed by atoms with van der Waals surface area (Å²) in [6.07, 6.45) is 0. The number of aryl methyl sites for hydroxylation is 2. The molecule has 6 heteroatoms. The SMILES string of the molecule is Cc1cccc(S(=O)(=O)N2CCN(c3cc(Cl)ccc3C)CC2)c1. The largest absolute Gasteiger partial charge is 0.369 e. The minimum atomic E-state index is -3.43. The van der Waals surface area contributed by atoms with Gasteiger partial charge in [-0.05, 0) is 49.2 Å². The summed E-state index contributed by atoms with van der Waals surface area (Å²) in [4.78, 5) is 2.57. The molecule has 3 rings (SSSR count). The zero-order chi connectivity index (χ0) is 17.3. The summed E-state index contributed by atoms with van der Waals surface area (Å²) in [5.74, 6) is 0. The van der Waals surface area contributed by atoms with E-state index in [0.29, 0.717) is 36.1 Å². The van der Waals surface area contributed by atoms with Crippen LogP contribution in [0.5, 0.6) is 0 Å². The molecule has 4 nitrogen and oxygen atoms in total. The molecule has 0 radical (unpaired) electrons. The van der Waals surface area contributed by atoms with Crippen molar-refractivity contribution >= 4 is 27.3 Å². The van der Waals surface area contributed by atoms with Crippen molar-refractivity contribution in [3.63, 3.8) is 0 Å². The lowest BCUT2D eigenvalue weighted by atomic mass is 10.1. The van der Waals surface area contributed by atoms with Gasteiger partial charge in [-0.2, -0.15) is 4.31 Å². The molecule has 128 valence electrons. The highest BCUT2D eigenvalue weighted by molar-refractivity contribution is 7.89. The van der Waals surface area contributed by atoms with Crippen molar-refractivity contribution in [2.75, 3.05) is 31.1 Å². The lowest BCUT2D eigenvalue weighted by Gasteiger charge is -2.36. The van der Waals surface area contributed by atoms with Crippen molar-refractivity contribution in [2.24, 2.45) is 0 Å². The maximum absolute atomic E-state index is 12.8. The quantitative estimate of drug-likeness (QED) is 0.837. The molecule has 0 N–H and O–H groups in total. The predicted octanol–water partition coefficient (Wildman–Crippen LogP) is 3.47. The van der Waals surface area contributed by atoms with Crippen molar-refractivity contribution in [1.82, 2.24) is 4.31 Å². The van der Waals surface area contributed by atoms with Gasteiger partial charge in [-0.3, -0.25) is 0 Å². The lowest BCUT2D eigenvalue weighted by molar-refractivity contribution is 0.384. The van der Waals surface area contributed by atoms with E-state index in [0.717, 1.165) is 16.8 Å². The Labute approximate surface area is 148 Å². The first-order valence-electron chi connectivity index (χ1n) is 7.96. The summed E-state index contributed by atoms with van der Waals surface area (Å²) < 4.78 is 27.1. The Morgan fingerprint density at radius 1 is 0.958 bits per heavy atom. The van der Waals surface area contributed by atoms with Gasteiger partial charge < -0.3 is 4.90 Å². The normalized spacial score (nSPS) is 16.4. The van der Waals surface area contributed by atoms with Crippen molar-refractivity contribution in [1.29, 1.82) is 0 Å². The van der Waals surface area contributed by atoms with Crippen LogP contribution in [0.3, 0.4) is 0 Å². The average Bonchev–Trinajstić information content (AvgIpc) is 2.57. The minimum Gasteiger partial charge on any atom is -0.369 e. The second kappa shape index (κ2) is 6.75. The van der Waals surface area contributed by atoms with Crippen LogP contribution >= 0.6 is 11.6 Å². The van der Waals surface area contributed by atoms with Gasteiger partial charge in [0.15, 0.2) is 0 Å². The zero-order valence-electron chi connectivity index (χ0n) is 13.9. The minimum absolute atomic E-state index is 0.370. The smallest absolute Gasteiger partial charge is 0.243 e. The number of hydrogen-bond donors (Lipinski definition) is 0. The van der Waals surface area contributed by atoms with Gasteiger partial charge >= 0.3 is 0 Å². The topological polar surface area (TPSA) is 40.6 Å². The molecule has 1 heterocycles. The molecular weight excluding hydrogens is 344 g/mol. The number of hydrogen-bond acceptors (Lipinski definition) is 3. The third kappa shape index (κ3) is 3.43. The third-order valence-electron chi connectivity index (χ3n) is 4.38. The van der Waals surface area contributed by atoms with Crippen LogP contribution in [0.1, 0.15) is 11.1 Å². The number of benzene rings is 2. The number of nitrogens with zero attached hydrogens (tertiary/aromatic N) is 2. The highest BCUT2D eigenvalue weighted by Crippen LogP contribution is 2.26. The summed E-state index contributed by atoms with van der Waals surface area (Å²) in [5.41, 5.74) is 3.17. The molecule has 0 saturated carbocycles. The Kier molecular flexibility index (Phi) is 4.85. The van der Waals surface area contributed by atoms with Gasteiger partial charge in [0.1, 0.15) is 0 Å². The van der Waals surface area contributed by atoms with E-state index in [1.807, 2.05) is 38.1 Å². The average molecular weight is 365 g/mol. The van der Waals surface area contributed by atoms with Crippen LogP contribution < -0.4 is 4.90 Å². The van der Waals surface area contributed by atoms with E-state index in [2.05, 4.69) is 4.90 Å². The maximum atomic E-state index is 12.8. The van der Waals surface area contributed by atoms with E-state index in [1.165, 1.54) is 0 Å². The first-order valence-corrected chi connectivity index (χ1v) is 9.77. The molecule has 2 aromatic carbocycles. The lowest BCUT2D eigenvalue weighted by Crippen LogP contribution is -2.48. The number of halogens is 1. The molecule has 1 aliphatic rings. The highest BCUT2D eigenvalue weighted by Gasteiger charge is 2.29. The summed E-state index contributed by atoms with van der Waals surface area (Å²) in [5, 5.41) is 0.699. The predicted molar refractivity (Wildman–Crippen MR) is 98.3 cm³/mol. The Hall–Kier alpha value is -1.56. The van der Waals surface area contributed by atoms with Gasteiger partial charge in [-0.25, -0.2) is 8.42 Å². The molecular formula is C18H21ClN2O2S. The Morgan fingerprint density at radius 3 is 2.33 bits per heavy atom. The van der Waals surface area contributed by atoms with Crippen LogP contribution in [-0.4, -0.2) is 38.9 Å². The highest BCUT2D eigenvalue weighted by atomic mass is 35.5. The number of piperazine rings is 1. The van der Waals surface area contributed by atoms with Crippen molar-refractivity contribution in [3.8, 4) is 0 Å². The van der Waals surface area contributed by atoms with Crippen LogP contribution in [0.2, 0.25) is 5.02 Å². The second-order valence-corrected chi connectivity index (χ2v) is 8.51. The Bertz CT molecular complexity index is 844. The first kappa shape index (κ1) is 17.3. The van der Waals surface area contributed by atoms with E-state index >= 15 is 0 Å². The molecule has 1 saturated heterocycles. The number of rotatable bonds is 3. The molecule has 0 aromatic heterocycles. The van der Waals surface area contributed by atoms with E-state index in [4.69, 9.17) is 11.6 Å². The van der Waals surface area contributed by atoms with Crippen molar-refractivity contribution in [2.45, 2.75) is 18.7 Å². The fraction of sp³-hybridized carbons (Fsp3) is 0.333. The molecule has 0 unspecified atom stereocenters. The van der Waals surface area contributed by atoms with Crippen molar-refractivity contribution in [3.05, 3.63) is 58.6 Å². The van der Waals surface area contributed by atoms with Crippen LogP contribution in [0, 0.1) is 13.8 Å². The summed E-state index contributed by atoms with van der Waals surface area (Å²) in [6, 6.07) is 12.9. The fourth-order valence-corrected chi connectivity index (χ4v) is 4.71. The molecule has 1 fully saturated rings. The van der Waals surface area contributed by atoms with E-state index < -0.39 is 10.0 Å². The molecule has 2 aromatic rings. The molecule has 0 spiro atoms. The van der Waals surface area contributed by atoms with Gasteiger partial charge in [0.25, 0.3) is 0 Å². The summed E-state index contributed by atoms with van der Waals surface area (Å²) in [7, 11) is -3.43. The first-order chi connectivity index (χ1) is 11.4. The van der Waals surface area contributed by atoms with Gasteiger partial charge in [-0.1, -0.05) is 29.8 Å². The molecule has 0 atom stereocenters. The molecule has 0 bridgehead atoms. The maximum Gasteiger partial charge on any atom is 0.243 e. The van der Waals surface area contributed by atoms with E-state index in [1.54, 1.807) is 22.5 Å². The number of anilines is 1. The van der Waals surface area contributed by atoms with Gasteiger partial charge in [-0.15, -0.1) is 0 Å². The van der Waals surface area contributed by atoms with Crippen molar-refractivity contribution < 1.29 is 8.42 Å². The Morgan fingerprint density at radius 2 is 1.67 bits per heavy atom. The van der Waals surface area contributed by atoms with Crippen LogP contribution in [0.25, 0.3) is 0 Å². The van der Waals surface area contributed by atoms with Crippen LogP contribution in [0.15, 0.2) is 47.4 Å². The monoisotopic (exact) mass is 364 g/mol. The van der Waals surface area contributed by atoms with Gasteiger partial charge in [0.05, 0.1) is 4.90 Å². The Balaban J connectivity index is 1.76. The van der Waals surface area contributed by atoms with Crippen LogP contribution in [0.4, 0.5) is 5.69 Å². The molecule has 24 heavy (non-hydrogen) atoms. The van der Waals surface area contributed by atoms with Gasteiger partial charge in [0.2, 0.25) is 10.0 Å². The van der Waals surface area contributed by atoms with Crippen LogP contribution in [-0.2, 0) is 10.0 Å². The molecule has 1 aliphatic heterocycles. The van der Waals surface area contributed by atoms with E-state index in [-0.39, 0.29) is 0 Å². The second-order valence-electron chi connectivity index (χ2n) is 6.14. The number of sulfonamides is 1. The third-order valence-corrected chi connectivity index (χ3v) is 6.51. The molecule has 0 aliphatic carbocycles. The fourth-order valence-electron chi connectivity index (χ4n) is 3.02. The standard InChI is InChI=1S/C18H21ClN2O2S/c1-14-4-3-5-17(12-14)24(22,23)21-10-8-20(9-11-21)18-13-16(19)7-6-15(18)2/h3-7,12-13H,8-11H2,1-2H3. The zero-order valence-corrected chi connectivity index (χ0v) is 15.4. The summed E-state index contributed by atoms with van der Waals surface area (Å²) >= 11 is 6.10. The summed E-state index contributed by atoms with van der Waals surface area (Å²) in [6.45, 7) is 6.21. The molecule has 0 amide bonds. The van der Waals surface area contributed by atoms with E-state index in [9.17, 15) is 8.42 Å². The van der Waals surface area contributed by atoms with Gasteiger partial charge in [0, 0.05) is 36.9 Å².